The van der Waals surface area contributed by atoms with E-state index in [1.165, 1.54) is 6.07 Å². The molecule has 1 aliphatic rings. The number of nitrogens with zero attached hydrogens (tertiary/aromatic N) is 3. The van der Waals surface area contributed by atoms with Crippen LogP contribution in [-0.2, 0) is 16.3 Å². The quantitative estimate of drug-likeness (QED) is 0.435. The molecular weight excluding hydrogens is 467 g/mol. The maximum absolute atomic E-state index is 14.7. The molecule has 1 atom stereocenters. The first kappa shape index (κ1) is 23.2. The predicted octanol–water partition coefficient (Wildman–Crippen LogP) is 4.72. The third kappa shape index (κ3) is 4.43. The fraction of sp³-hybridized carbons (Fsp3) is 0.269. The minimum atomic E-state index is -3.17. The molecule has 4 aromatic rings. The fourth-order valence-electron chi connectivity index (χ4n) is 4.54. The molecule has 2 aromatic carbocycles. The average Bonchev–Trinajstić information content (AvgIpc) is 3.38. The fourth-order valence-corrected chi connectivity index (χ4v) is 6.24. The molecule has 1 saturated heterocycles. The molecule has 5 rings (SSSR count). The second kappa shape index (κ2) is 8.88. The Hall–Kier alpha value is -3.59. The molecule has 7 nitrogen and oxygen atoms in total. The molecule has 180 valence electrons. The largest absolute Gasteiger partial charge is 0.322 e. The Labute approximate surface area is 202 Å². The van der Waals surface area contributed by atoms with Crippen molar-refractivity contribution in [2.75, 3.05) is 16.8 Å². The van der Waals surface area contributed by atoms with Crippen molar-refractivity contribution in [3.05, 3.63) is 77.2 Å². The van der Waals surface area contributed by atoms with Crippen LogP contribution >= 0.6 is 0 Å². The van der Waals surface area contributed by atoms with Gasteiger partial charge in [0.15, 0.2) is 15.5 Å². The number of sulfone groups is 1. The summed E-state index contributed by atoms with van der Waals surface area (Å²) in [5, 5.41) is 8.03. The Morgan fingerprint density at radius 1 is 1.17 bits per heavy atom. The van der Waals surface area contributed by atoms with Crippen molar-refractivity contribution in [1.82, 2.24) is 14.8 Å². The number of hydrogen-bond acceptors (Lipinski definition) is 5. The maximum Gasteiger partial charge on any atom is 0.256 e. The van der Waals surface area contributed by atoms with E-state index in [1.54, 1.807) is 35.9 Å². The molecular formula is C26H25FN4O3S. The van der Waals surface area contributed by atoms with E-state index < -0.39 is 21.7 Å². The molecule has 9 heteroatoms. The summed E-state index contributed by atoms with van der Waals surface area (Å²) in [5.41, 5.74) is 3.55. The van der Waals surface area contributed by atoms with Gasteiger partial charge < -0.3 is 5.32 Å². The summed E-state index contributed by atoms with van der Waals surface area (Å²) in [5.74, 6) is -0.806. The van der Waals surface area contributed by atoms with Crippen LogP contribution in [0.3, 0.4) is 0 Å². The molecule has 0 bridgehead atoms. The SMILES string of the molecule is CCc1ccc(NC(=O)c2cc(-c3ccccc3F)nc3c2c(C)nn3C2CCS(=O)(=O)C2)cc1. The topological polar surface area (TPSA) is 93.9 Å². The van der Waals surface area contributed by atoms with Crippen molar-refractivity contribution in [3.63, 3.8) is 0 Å². The van der Waals surface area contributed by atoms with Gasteiger partial charge in [-0.25, -0.2) is 22.5 Å². The first-order chi connectivity index (χ1) is 16.8. The number of rotatable bonds is 5. The zero-order valence-electron chi connectivity index (χ0n) is 19.5. The smallest absolute Gasteiger partial charge is 0.256 e. The lowest BCUT2D eigenvalue weighted by Crippen LogP contribution is -2.15. The molecule has 0 radical (unpaired) electrons. The minimum absolute atomic E-state index is 0.0415. The number of nitrogens with one attached hydrogen (secondary N) is 1. The Morgan fingerprint density at radius 2 is 1.91 bits per heavy atom. The summed E-state index contributed by atoms with van der Waals surface area (Å²) >= 11 is 0. The van der Waals surface area contributed by atoms with E-state index in [-0.39, 0.29) is 28.7 Å². The molecule has 1 unspecified atom stereocenters. The van der Waals surface area contributed by atoms with Crippen LogP contribution in [0.25, 0.3) is 22.3 Å². The highest BCUT2D eigenvalue weighted by molar-refractivity contribution is 7.91. The normalized spacial score (nSPS) is 17.1. The Balaban J connectivity index is 1.66. The molecule has 3 heterocycles. The van der Waals surface area contributed by atoms with Crippen LogP contribution in [0.5, 0.6) is 0 Å². The zero-order chi connectivity index (χ0) is 24.7. The van der Waals surface area contributed by atoms with Gasteiger partial charge in [0.05, 0.1) is 39.9 Å². The van der Waals surface area contributed by atoms with E-state index in [1.807, 2.05) is 24.3 Å². The number of anilines is 1. The van der Waals surface area contributed by atoms with Gasteiger partial charge >= 0.3 is 0 Å². The number of carbonyl (C=O) groups is 1. The maximum atomic E-state index is 14.7. The van der Waals surface area contributed by atoms with E-state index in [0.29, 0.717) is 34.4 Å². The molecule has 0 saturated carbocycles. The number of aryl methyl sites for hydroxylation is 2. The first-order valence-electron chi connectivity index (χ1n) is 11.5. The lowest BCUT2D eigenvalue weighted by molar-refractivity contribution is 0.102. The van der Waals surface area contributed by atoms with Gasteiger partial charge in [-0.2, -0.15) is 5.10 Å². The lowest BCUT2D eigenvalue weighted by Gasteiger charge is -2.13. The summed E-state index contributed by atoms with van der Waals surface area (Å²) in [6.07, 6.45) is 1.30. The molecule has 1 amide bonds. The van der Waals surface area contributed by atoms with E-state index in [0.717, 1.165) is 12.0 Å². The van der Waals surface area contributed by atoms with Crippen molar-refractivity contribution in [3.8, 4) is 11.3 Å². The van der Waals surface area contributed by atoms with Gasteiger partial charge in [0.25, 0.3) is 5.91 Å². The molecule has 0 spiro atoms. The zero-order valence-corrected chi connectivity index (χ0v) is 20.3. The second-order valence-electron chi connectivity index (χ2n) is 8.82. The second-order valence-corrected chi connectivity index (χ2v) is 11.1. The van der Waals surface area contributed by atoms with Crippen LogP contribution in [0.15, 0.2) is 54.6 Å². The molecule has 1 aliphatic heterocycles. The Bertz CT molecular complexity index is 1550. The van der Waals surface area contributed by atoms with Crippen molar-refractivity contribution in [2.24, 2.45) is 0 Å². The van der Waals surface area contributed by atoms with Gasteiger partial charge in [-0.15, -0.1) is 0 Å². The van der Waals surface area contributed by atoms with Gasteiger partial charge in [0.2, 0.25) is 0 Å². The highest BCUT2D eigenvalue weighted by atomic mass is 32.2. The minimum Gasteiger partial charge on any atom is -0.322 e. The van der Waals surface area contributed by atoms with E-state index >= 15 is 0 Å². The van der Waals surface area contributed by atoms with E-state index in [4.69, 9.17) is 0 Å². The number of amides is 1. The Morgan fingerprint density at radius 3 is 2.57 bits per heavy atom. The number of hydrogen-bond donors (Lipinski definition) is 1. The average molecular weight is 493 g/mol. The van der Waals surface area contributed by atoms with Gasteiger partial charge in [-0.1, -0.05) is 31.2 Å². The summed E-state index contributed by atoms with van der Waals surface area (Å²) in [6.45, 7) is 3.82. The molecule has 35 heavy (non-hydrogen) atoms. The molecule has 1 fully saturated rings. The molecule has 0 aliphatic carbocycles. The van der Waals surface area contributed by atoms with Crippen LogP contribution < -0.4 is 5.32 Å². The summed E-state index contributed by atoms with van der Waals surface area (Å²) < 4.78 is 40.6. The number of fused-ring (bicyclic) bond motifs is 1. The Kier molecular flexibility index (Phi) is 5.88. The number of benzene rings is 2. The van der Waals surface area contributed by atoms with Gasteiger partial charge in [-0.05, 0) is 55.7 Å². The monoisotopic (exact) mass is 492 g/mol. The summed E-state index contributed by atoms with van der Waals surface area (Å²) in [6, 6.07) is 15.0. The van der Waals surface area contributed by atoms with E-state index in [9.17, 15) is 17.6 Å². The number of pyridine rings is 1. The van der Waals surface area contributed by atoms with Crippen molar-refractivity contribution in [2.45, 2.75) is 32.7 Å². The van der Waals surface area contributed by atoms with Crippen LogP contribution in [-0.4, -0.2) is 40.6 Å². The lowest BCUT2D eigenvalue weighted by atomic mass is 10.0. The van der Waals surface area contributed by atoms with Crippen LogP contribution in [0.2, 0.25) is 0 Å². The highest BCUT2D eigenvalue weighted by Crippen LogP contribution is 2.33. The number of aromatic nitrogens is 3. The number of carbonyl (C=O) groups excluding carboxylic acids is 1. The van der Waals surface area contributed by atoms with Gasteiger partial charge in [0, 0.05) is 11.3 Å². The molecule has 1 N–H and O–H groups in total. The highest BCUT2D eigenvalue weighted by Gasteiger charge is 2.32. The van der Waals surface area contributed by atoms with Crippen LogP contribution in [0.1, 0.15) is 41.0 Å². The van der Waals surface area contributed by atoms with Crippen LogP contribution in [0, 0.1) is 12.7 Å². The van der Waals surface area contributed by atoms with Gasteiger partial charge in [-0.3, -0.25) is 4.79 Å². The predicted molar refractivity (Wildman–Crippen MR) is 134 cm³/mol. The van der Waals surface area contributed by atoms with Crippen LogP contribution in [0.4, 0.5) is 10.1 Å². The summed E-state index contributed by atoms with van der Waals surface area (Å²) in [4.78, 5) is 18.1. The third-order valence-electron chi connectivity index (χ3n) is 6.41. The summed E-state index contributed by atoms with van der Waals surface area (Å²) in [7, 11) is -3.17. The van der Waals surface area contributed by atoms with Gasteiger partial charge in [0.1, 0.15) is 5.82 Å². The van der Waals surface area contributed by atoms with Crippen molar-refractivity contribution < 1.29 is 17.6 Å². The van der Waals surface area contributed by atoms with Crippen molar-refractivity contribution in [1.29, 1.82) is 0 Å². The molecule has 2 aromatic heterocycles. The third-order valence-corrected chi connectivity index (χ3v) is 8.16. The van der Waals surface area contributed by atoms with Crippen molar-refractivity contribution >= 4 is 32.5 Å². The first-order valence-corrected chi connectivity index (χ1v) is 13.3. The standard InChI is InChI=1S/C26H25FN4O3S/c1-3-17-8-10-18(11-9-17)28-26(32)21-14-23(20-6-4-5-7-22(20)27)29-25-24(21)16(2)30-31(25)19-12-13-35(33,34)15-19/h4-11,14,19H,3,12-13,15H2,1-2H3,(H,28,32). The van der Waals surface area contributed by atoms with E-state index in [2.05, 4.69) is 22.3 Å². The number of halogens is 1.